The molecule has 0 aromatic rings. The van der Waals surface area contributed by atoms with Crippen LogP contribution in [0.1, 0.15) is 67.7 Å². The fourth-order valence-corrected chi connectivity index (χ4v) is 5.44. The highest BCUT2D eigenvalue weighted by Crippen LogP contribution is 2.54. The van der Waals surface area contributed by atoms with Gasteiger partial charge in [0.25, 0.3) is 0 Å². The molecule has 1 fully saturated rings. The Hall–Kier alpha value is 0.430. The van der Waals surface area contributed by atoms with Gasteiger partial charge < -0.3 is 0 Å². The van der Waals surface area contributed by atoms with E-state index in [1.807, 2.05) is 13.8 Å². The van der Waals surface area contributed by atoms with Crippen LogP contribution >= 0.6 is 8.58 Å². The van der Waals surface area contributed by atoms with Crippen molar-refractivity contribution in [2.24, 2.45) is 5.92 Å². The Morgan fingerprint density at radius 2 is 1.36 bits per heavy atom. The molecule has 0 aliphatic carbocycles. The molecule has 0 N–H and O–H groups in total. The lowest BCUT2D eigenvalue weighted by molar-refractivity contribution is 0.334. The lowest BCUT2D eigenvalue weighted by Crippen LogP contribution is -2.34. The predicted molar refractivity (Wildman–Crippen MR) is 70.8 cm³/mol. The van der Waals surface area contributed by atoms with E-state index in [1.165, 1.54) is 19.3 Å². The van der Waals surface area contributed by atoms with Gasteiger partial charge in [0.2, 0.25) is 0 Å². The maximum Gasteiger partial charge on any atom is -0.0171 e. The molecular weight excluding hydrogens is 187 g/mol. The van der Waals surface area contributed by atoms with Crippen molar-refractivity contribution in [2.45, 2.75) is 78.0 Å². The summed E-state index contributed by atoms with van der Waals surface area (Å²) in [6.45, 7) is 16.1. The molecule has 0 spiro atoms. The summed E-state index contributed by atoms with van der Waals surface area (Å²) in [5.41, 5.74) is 0. The average Bonchev–Trinajstić information content (AvgIpc) is 2.02. The Bertz CT molecular complexity index is 143. The SMILES string of the molecule is CC.CCC1CC(C)(C)PC(C)(C)C1. The summed E-state index contributed by atoms with van der Waals surface area (Å²) in [7, 11) is 1.14. The van der Waals surface area contributed by atoms with Crippen molar-refractivity contribution in [3.63, 3.8) is 0 Å². The van der Waals surface area contributed by atoms with Gasteiger partial charge in [-0.25, -0.2) is 0 Å². The van der Waals surface area contributed by atoms with Gasteiger partial charge in [-0.15, -0.1) is 8.58 Å². The van der Waals surface area contributed by atoms with Crippen LogP contribution in [0, 0.1) is 5.92 Å². The van der Waals surface area contributed by atoms with Gasteiger partial charge in [0.15, 0.2) is 0 Å². The van der Waals surface area contributed by atoms with Gasteiger partial charge in [-0.1, -0.05) is 54.9 Å². The smallest absolute Gasteiger partial charge is 0.0171 e. The topological polar surface area (TPSA) is 0 Å². The molecule has 0 radical (unpaired) electrons. The molecule has 0 amide bonds. The van der Waals surface area contributed by atoms with Crippen molar-refractivity contribution in [1.29, 1.82) is 0 Å². The Morgan fingerprint density at radius 1 is 1.00 bits per heavy atom. The van der Waals surface area contributed by atoms with Crippen LogP contribution in [-0.2, 0) is 0 Å². The quantitative estimate of drug-likeness (QED) is 0.537. The summed E-state index contributed by atoms with van der Waals surface area (Å²) in [4.78, 5) is 0. The third-order valence-corrected chi connectivity index (χ3v) is 4.61. The van der Waals surface area contributed by atoms with Crippen LogP contribution in [0.25, 0.3) is 0 Å². The minimum Gasteiger partial charge on any atom is -0.110 e. The molecule has 14 heavy (non-hydrogen) atoms. The summed E-state index contributed by atoms with van der Waals surface area (Å²) in [6.07, 6.45) is 4.27. The largest absolute Gasteiger partial charge is 0.110 e. The van der Waals surface area contributed by atoms with Crippen molar-refractivity contribution in [3.05, 3.63) is 0 Å². The minimum atomic E-state index is 0.614. The van der Waals surface area contributed by atoms with Crippen LogP contribution in [0.2, 0.25) is 0 Å². The molecule has 0 unspecified atom stereocenters. The summed E-state index contributed by atoms with van der Waals surface area (Å²) in [5.74, 6) is 0.983. The normalized spacial score (nSPS) is 30.6. The summed E-state index contributed by atoms with van der Waals surface area (Å²) in [6, 6.07) is 0. The van der Waals surface area contributed by atoms with E-state index in [0.717, 1.165) is 14.5 Å². The van der Waals surface area contributed by atoms with E-state index in [9.17, 15) is 0 Å². The van der Waals surface area contributed by atoms with Gasteiger partial charge in [-0.05, 0) is 29.1 Å². The Kier molecular flexibility index (Phi) is 5.67. The average molecular weight is 216 g/mol. The summed E-state index contributed by atoms with van der Waals surface area (Å²) < 4.78 is 0. The van der Waals surface area contributed by atoms with E-state index >= 15 is 0 Å². The zero-order chi connectivity index (χ0) is 11.4. The fraction of sp³-hybridized carbons (Fsp3) is 1.00. The van der Waals surface area contributed by atoms with Crippen LogP contribution < -0.4 is 0 Å². The zero-order valence-corrected chi connectivity index (χ0v) is 12.2. The first kappa shape index (κ1) is 14.4. The molecule has 0 saturated carbocycles. The van der Waals surface area contributed by atoms with Gasteiger partial charge in [0.1, 0.15) is 0 Å². The molecule has 1 aliphatic heterocycles. The van der Waals surface area contributed by atoms with Gasteiger partial charge >= 0.3 is 0 Å². The zero-order valence-electron chi connectivity index (χ0n) is 11.2. The highest BCUT2D eigenvalue weighted by atomic mass is 31.1. The van der Waals surface area contributed by atoms with Crippen LogP contribution in [0.4, 0.5) is 0 Å². The maximum atomic E-state index is 2.44. The van der Waals surface area contributed by atoms with E-state index in [1.54, 1.807) is 0 Å². The lowest BCUT2D eigenvalue weighted by atomic mass is 9.86. The van der Waals surface area contributed by atoms with Gasteiger partial charge in [-0.3, -0.25) is 0 Å². The Morgan fingerprint density at radius 3 is 1.64 bits per heavy atom. The molecule has 86 valence electrons. The first-order chi connectivity index (χ1) is 6.35. The van der Waals surface area contributed by atoms with Gasteiger partial charge in [0.05, 0.1) is 0 Å². The molecule has 0 bridgehead atoms. The molecule has 1 aliphatic rings. The van der Waals surface area contributed by atoms with Gasteiger partial charge in [0, 0.05) is 0 Å². The second-order valence-corrected chi connectivity index (χ2v) is 8.53. The molecule has 0 aromatic carbocycles. The van der Waals surface area contributed by atoms with E-state index in [-0.39, 0.29) is 0 Å². The summed E-state index contributed by atoms with van der Waals surface area (Å²) >= 11 is 0. The monoisotopic (exact) mass is 216 g/mol. The van der Waals surface area contributed by atoms with Crippen LogP contribution in [-0.4, -0.2) is 10.3 Å². The molecular formula is C13H29P. The molecule has 0 nitrogen and oxygen atoms in total. The highest BCUT2D eigenvalue weighted by Gasteiger charge is 2.37. The molecule has 0 aromatic heterocycles. The fourth-order valence-electron chi connectivity index (χ4n) is 2.82. The van der Waals surface area contributed by atoms with E-state index in [4.69, 9.17) is 0 Å². The van der Waals surface area contributed by atoms with E-state index in [2.05, 4.69) is 34.6 Å². The third-order valence-electron chi connectivity index (χ3n) is 2.85. The third kappa shape index (κ3) is 4.78. The number of hydrogen-bond donors (Lipinski definition) is 0. The summed E-state index contributed by atoms with van der Waals surface area (Å²) in [5, 5.41) is 1.23. The second kappa shape index (κ2) is 5.50. The highest BCUT2D eigenvalue weighted by molar-refractivity contribution is 7.41. The first-order valence-corrected chi connectivity index (χ1v) is 7.14. The molecule has 1 heterocycles. The molecule has 0 atom stereocenters. The molecule has 1 rings (SSSR count). The lowest BCUT2D eigenvalue weighted by Gasteiger charge is -2.45. The number of hydrogen-bond acceptors (Lipinski definition) is 0. The van der Waals surface area contributed by atoms with Crippen molar-refractivity contribution in [2.75, 3.05) is 0 Å². The standard InChI is InChI=1S/C11H23P.C2H6/c1-6-9-7-10(2,3)12-11(4,5)8-9;1-2/h9,12H,6-8H2,1-5H3;1-2H3. The number of rotatable bonds is 1. The van der Waals surface area contributed by atoms with Crippen molar-refractivity contribution in [1.82, 2.24) is 0 Å². The van der Waals surface area contributed by atoms with Crippen LogP contribution in [0.5, 0.6) is 0 Å². The predicted octanol–water partition coefficient (Wildman–Crippen LogP) is 5.07. The van der Waals surface area contributed by atoms with E-state index in [0.29, 0.717) is 10.3 Å². The van der Waals surface area contributed by atoms with Crippen molar-refractivity contribution >= 4 is 8.58 Å². The molecule has 1 saturated heterocycles. The first-order valence-electron chi connectivity index (χ1n) is 6.14. The maximum absolute atomic E-state index is 2.44. The Labute approximate surface area is 93.0 Å². The van der Waals surface area contributed by atoms with Gasteiger partial charge in [-0.2, -0.15) is 0 Å². The van der Waals surface area contributed by atoms with Crippen LogP contribution in [0.3, 0.4) is 0 Å². The van der Waals surface area contributed by atoms with Crippen molar-refractivity contribution < 1.29 is 0 Å². The second-order valence-electron chi connectivity index (χ2n) is 5.58. The molecule has 1 heteroatoms. The minimum absolute atomic E-state index is 0.614. The van der Waals surface area contributed by atoms with Crippen LogP contribution in [0.15, 0.2) is 0 Å². The van der Waals surface area contributed by atoms with E-state index < -0.39 is 0 Å². The Balaban J connectivity index is 0.000000791. The van der Waals surface area contributed by atoms with Crippen molar-refractivity contribution in [3.8, 4) is 0 Å².